The van der Waals surface area contributed by atoms with Gasteiger partial charge in [-0.15, -0.1) is 0 Å². The summed E-state index contributed by atoms with van der Waals surface area (Å²) in [6.45, 7) is 8.00. The number of nitrogens with one attached hydrogen (secondary N) is 1. The Hall–Kier alpha value is -2.46. The molecule has 0 atom stereocenters. The lowest BCUT2D eigenvalue weighted by Gasteiger charge is -2.31. The van der Waals surface area contributed by atoms with Crippen molar-refractivity contribution in [3.63, 3.8) is 0 Å². The zero-order chi connectivity index (χ0) is 22.6. The summed E-state index contributed by atoms with van der Waals surface area (Å²) in [5, 5.41) is 3.39. The number of ether oxygens (including phenoxy) is 1. The van der Waals surface area contributed by atoms with Gasteiger partial charge in [0, 0.05) is 62.2 Å². The van der Waals surface area contributed by atoms with Crippen molar-refractivity contribution in [2.24, 2.45) is 0 Å². The van der Waals surface area contributed by atoms with Gasteiger partial charge in [-0.25, -0.2) is 19.3 Å². The molecule has 0 spiro atoms. The zero-order valence-electron chi connectivity index (χ0n) is 19.3. The number of aryl methyl sites for hydroxylation is 1. The van der Waals surface area contributed by atoms with Gasteiger partial charge < -0.3 is 19.5 Å². The molecule has 2 fully saturated rings. The van der Waals surface area contributed by atoms with E-state index < -0.39 is 0 Å². The summed E-state index contributed by atoms with van der Waals surface area (Å²) in [4.78, 5) is 17.5. The topological polar surface area (TPSA) is 71.3 Å². The average molecular weight is 466 g/mol. The van der Waals surface area contributed by atoms with Crippen LogP contribution in [0.3, 0.4) is 0 Å². The van der Waals surface area contributed by atoms with Crippen LogP contribution in [0.2, 0.25) is 0 Å². The predicted octanol–water partition coefficient (Wildman–Crippen LogP) is 4.00. The summed E-state index contributed by atoms with van der Waals surface area (Å²) in [5.74, 6) is 1.60. The summed E-state index contributed by atoms with van der Waals surface area (Å²) >= 11 is 1.82. The van der Waals surface area contributed by atoms with E-state index in [9.17, 15) is 0 Å². The number of benzene rings is 1. The van der Waals surface area contributed by atoms with E-state index in [1.807, 2.05) is 30.4 Å². The highest BCUT2D eigenvalue weighted by Crippen LogP contribution is 2.30. The molecule has 0 unspecified atom stereocenters. The minimum atomic E-state index is 0.394. The van der Waals surface area contributed by atoms with E-state index in [-0.39, 0.29) is 0 Å². The maximum Gasteiger partial charge on any atom is 0.227 e. The van der Waals surface area contributed by atoms with Gasteiger partial charge in [0.15, 0.2) is 0 Å². The van der Waals surface area contributed by atoms with Gasteiger partial charge in [-0.05, 0) is 63.0 Å². The summed E-state index contributed by atoms with van der Waals surface area (Å²) in [7, 11) is 2.18. The maximum absolute atomic E-state index is 5.55. The van der Waals surface area contributed by atoms with Crippen LogP contribution in [-0.4, -0.2) is 75.2 Å². The van der Waals surface area contributed by atoms with E-state index in [4.69, 9.17) is 9.72 Å². The molecule has 1 N–H and O–H groups in total. The Kier molecular flexibility index (Phi) is 6.91. The van der Waals surface area contributed by atoms with Crippen molar-refractivity contribution >= 4 is 23.6 Å². The molecule has 0 bridgehead atoms. The van der Waals surface area contributed by atoms with Gasteiger partial charge in [0.25, 0.3) is 0 Å². The Labute approximate surface area is 199 Å². The number of piperazine rings is 1. The fourth-order valence-corrected chi connectivity index (χ4v) is 5.36. The molecule has 0 amide bonds. The molecule has 3 aromatic rings. The largest absolute Gasteiger partial charge is 0.381 e. The van der Waals surface area contributed by atoms with E-state index in [2.05, 4.69) is 67.3 Å². The lowest BCUT2D eigenvalue weighted by molar-refractivity contribution is 0.0694. The molecule has 0 aliphatic carbocycles. The fraction of sp³-hybridized carbons (Fsp3) is 0.458. The number of aromatic nitrogens is 4. The molecule has 2 aliphatic rings. The first kappa shape index (κ1) is 22.3. The van der Waals surface area contributed by atoms with Crippen LogP contribution in [0.5, 0.6) is 0 Å². The Morgan fingerprint density at radius 2 is 1.88 bits per heavy atom. The summed E-state index contributed by atoms with van der Waals surface area (Å²) in [6, 6.07) is 10.8. The number of anilines is 2. The van der Waals surface area contributed by atoms with Crippen LogP contribution >= 0.6 is 11.9 Å². The third-order valence-electron chi connectivity index (χ3n) is 6.24. The van der Waals surface area contributed by atoms with Crippen molar-refractivity contribution in [1.82, 2.24) is 28.7 Å². The number of rotatable bonds is 6. The van der Waals surface area contributed by atoms with Crippen molar-refractivity contribution in [2.45, 2.75) is 30.7 Å². The number of hydrogen-bond acceptors (Lipinski definition) is 8. The van der Waals surface area contributed by atoms with Crippen LogP contribution in [0.15, 0.2) is 47.6 Å². The molecular formula is C24H31N7OS. The smallest absolute Gasteiger partial charge is 0.227 e. The summed E-state index contributed by atoms with van der Waals surface area (Å²) < 4.78 is 10.3. The number of likely N-dealkylation sites (N-methyl/N-ethyl adjacent to an activating group) is 1. The Balaban J connectivity index is 1.32. The van der Waals surface area contributed by atoms with Crippen LogP contribution < -0.4 is 5.32 Å². The highest BCUT2D eigenvalue weighted by atomic mass is 32.2. The van der Waals surface area contributed by atoms with Crippen LogP contribution in [0, 0.1) is 6.92 Å². The second-order valence-corrected chi connectivity index (χ2v) is 9.82. The van der Waals surface area contributed by atoms with Gasteiger partial charge >= 0.3 is 0 Å². The Morgan fingerprint density at radius 3 is 2.70 bits per heavy atom. The molecule has 174 valence electrons. The van der Waals surface area contributed by atoms with Crippen LogP contribution in [0.25, 0.3) is 11.4 Å². The molecule has 4 heterocycles. The Morgan fingerprint density at radius 1 is 1.06 bits per heavy atom. The maximum atomic E-state index is 5.55. The molecule has 5 rings (SSSR count). The third-order valence-corrected chi connectivity index (χ3v) is 7.33. The molecule has 0 saturated carbocycles. The molecular weight excluding hydrogens is 434 g/mol. The zero-order valence-corrected chi connectivity index (χ0v) is 20.1. The molecule has 33 heavy (non-hydrogen) atoms. The van der Waals surface area contributed by atoms with Crippen LogP contribution in [0.1, 0.15) is 24.7 Å². The van der Waals surface area contributed by atoms with E-state index >= 15 is 0 Å². The normalized spacial score (nSPS) is 18.5. The van der Waals surface area contributed by atoms with Gasteiger partial charge in [-0.2, -0.15) is 0 Å². The number of imidazole rings is 1. The van der Waals surface area contributed by atoms with E-state index in [0.29, 0.717) is 12.0 Å². The molecule has 8 nitrogen and oxygen atoms in total. The minimum absolute atomic E-state index is 0.394. The first-order chi connectivity index (χ1) is 16.2. The molecule has 2 saturated heterocycles. The van der Waals surface area contributed by atoms with Crippen LogP contribution in [-0.2, 0) is 4.74 Å². The van der Waals surface area contributed by atoms with Crippen molar-refractivity contribution in [2.75, 3.05) is 51.8 Å². The lowest BCUT2D eigenvalue weighted by atomic mass is 10.1. The van der Waals surface area contributed by atoms with Crippen molar-refractivity contribution < 1.29 is 4.74 Å². The lowest BCUT2D eigenvalue weighted by Crippen LogP contribution is -2.40. The highest BCUT2D eigenvalue weighted by molar-refractivity contribution is 7.97. The van der Waals surface area contributed by atoms with E-state index in [1.54, 1.807) is 0 Å². The van der Waals surface area contributed by atoms with E-state index in [1.165, 1.54) is 4.90 Å². The van der Waals surface area contributed by atoms with Crippen molar-refractivity contribution in [1.29, 1.82) is 0 Å². The molecule has 0 radical (unpaired) electrons. The predicted molar refractivity (Wildman–Crippen MR) is 132 cm³/mol. The summed E-state index contributed by atoms with van der Waals surface area (Å²) in [5.41, 5.74) is 2.90. The average Bonchev–Trinajstić information content (AvgIpc) is 3.23. The highest BCUT2D eigenvalue weighted by Gasteiger charge is 2.22. The van der Waals surface area contributed by atoms with E-state index in [0.717, 1.165) is 75.1 Å². The standard InChI is InChI=1S/C24H31N7OS/c1-18-26-17-23(31(18)20-7-14-32-15-8-20)22-6-9-25-24(28-22)27-19-4-3-5-21(16-19)33-30-12-10-29(2)11-13-30/h3-6,9,16-17,20H,7-8,10-15H2,1-2H3,(H,25,27,28). The molecule has 1 aromatic carbocycles. The van der Waals surface area contributed by atoms with Crippen molar-refractivity contribution in [3.8, 4) is 11.4 Å². The Bertz CT molecular complexity index is 1070. The third kappa shape index (κ3) is 5.38. The minimum Gasteiger partial charge on any atom is -0.381 e. The fourth-order valence-electron chi connectivity index (χ4n) is 4.40. The van der Waals surface area contributed by atoms with Gasteiger partial charge in [-0.1, -0.05) is 6.07 Å². The SMILES string of the molecule is Cc1ncc(-c2ccnc(Nc3cccc(SN4CCN(C)CC4)c3)n2)n1C1CCOCC1. The van der Waals surface area contributed by atoms with Gasteiger partial charge in [0.2, 0.25) is 5.95 Å². The molecule has 2 aromatic heterocycles. The van der Waals surface area contributed by atoms with Gasteiger partial charge in [0.1, 0.15) is 5.82 Å². The first-order valence-corrected chi connectivity index (χ1v) is 12.4. The summed E-state index contributed by atoms with van der Waals surface area (Å²) in [6.07, 6.45) is 5.73. The monoisotopic (exact) mass is 465 g/mol. The number of hydrogen-bond donors (Lipinski definition) is 1. The van der Waals surface area contributed by atoms with Gasteiger partial charge in [-0.3, -0.25) is 0 Å². The van der Waals surface area contributed by atoms with Gasteiger partial charge in [0.05, 0.1) is 17.6 Å². The van der Waals surface area contributed by atoms with Crippen molar-refractivity contribution in [3.05, 3.63) is 48.5 Å². The quantitative estimate of drug-likeness (QED) is 0.548. The molecule has 9 heteroatoms. The second kappa shape index (κ2) is 10.2. The molecule has 2 aliphatic heterocycles. The van der Waals surface area contributed by atoms with Crippen LogP contribution in [0.4, 0.5) is 11.6 Å². The second-order valence-electron chi connectivity index (χ2n) is 8.65. The first-order valence-electron chi connectivity index (χ1n) is 11.6. The number of nitrogens with zero attached hydrogens (tertiary/aromatic N) is 6.